The molecule has 18 heavy (non-hydrogen) atoms. The van der Waals surface area contributed by atoms with Crippen LogP contribution in [0, 0.1) is 0 Å². The van der Waals surface area contributed by atoms with Gasteiger partial charge in [-0.05, 0) is 12.5 Å². The van der Waals surface area contributed by atoms with E-state index >= 15 is 0 Å². The number of nitrogens with one attached hydrogen (secondary N) is 1. The van der Waals surface area contributed by atoms with Crippen molar-refractivity contribution in [3.05, 3.63) is 41.2 Å². The predicted molar refractivity (Wildman–Crippen MR) is 68.7 cm³/mol. The smallest absolute Gasteiger partial charge is 0.152 e. The lowest BCUT2D eigenvalue weighted by Gasteiger charge is -2.16. The summed E-state index contributed by atoms with van der Waals surface area (Å²) < 4.78 is 1.82. The van der Waals surface area contributed by atoms with Crippen LogP contribution in [0.1, 0.15) is 30.9 Å². The van der Waals surface area contributed by atoms with E-state index in [4.69, 9.17) is 17.4 Å². The average Bonchev–Trinajstić information content (AvgIpc) is 2.75. The number of rotatable bonds is 5. The fraction of sp³-hybridized carbons (Fsp3) is 0.364. The quantitative estimate of drug-likeness (QED) is 0.630. The summed E-state index contributed by atoms with van der Waals surface area (Å²) in [6.45, 7) is 2.84. The Balaban J connectivity index is 2.41. The first-order valence-corrected chi connectivity index (χ1v) is 6.10. The Morgan fingerprint density at radius 1 is 1.44 bits per heavy atom. The van der Waals surface area contributed by atoms with E-state index in [0.717, 1.165) is 18.7 Å². The van der Waals surface area contributed by atoms with Crippen LogP contribution in [0.4, 0.5) is 0 Å². The fourth-order valence-corrected chi connectivity index (χ4v) is 2.03. The minimum atomic E-state index is -0.368. The summed E-state index contributed by atoms with van der Waals surface area (Å²) >= 11 is 6.17. The van der Waals surface area contributed by atoms with E-state index in [0.29, 0.717) is 10.8 Å². The van der Waals surface area contributed by atoms with Gasteiger partial charge in [-0.25, -0.2) is 15.4 Å². The van der Waals surface area contributed by atoms with E-state index in [9.17, 15) is 0 Å². The summed E-state index contributed by atoms with van der Waals surface area (Å²) in [4.78, 5) is 8.39. The van der Waals surface area contributed by atoms with Crippen molar-refractivity contribution in [2.75, 3.05) is 0 Å². The number of aryl methyl sites for hydroxylation is 1. The van der Waals surface area contributed by atoms with Gasteiger partial charge in [0.1, 0.15) is 6.04 Å². The molecule has 0 bridgehead atoms. The van der Waals surface area contributed by atoms with Gasteiger partial charge in [-0.3, -0.25) is 10.5 Å². The molecule has 0 aromatic carbocycles. The van der Waals surface area contributed by atoms with E-state index in [-0.39, 0.29) is 6.04 Å². The number of nitrogens with two attached hydrogens (primary N) is 1. The van der Waals surface area contributed by atoms with Crippen molar-refractivity contribution in [1.82, 2.24) is 25.2 Å². The Morgan fingerprint density at radius 2 is 2.17 bits per heavy atom. The molecule has 96 valence electrons. The first-order valence-electron chi connectivity index (χ1n) is 5.72. The fourth-order valence-electron chi connectivity index (χ4n) is 1.78. The molecule has 2 heterocycles. The Kier molecular flexibility index (Phi) is 4.24. The Hall–Kier alpha value is -1.50. The Morgan fingerprint density at radius 3 is 2.78 bits per heavy atom. The number of hydrazine groups is 1. The molecule has 0 radical (unpaired) electrons. The normalized spacial score (nSPS) is 12.6. The molecule has 1 atom stereocenters. The first-order chi connectivity index (χ1) is 8.77. The van der Waals surface area contributed by atoms with Crippen LogP contribution in [-0.4, -0.2) is 19.7 Å². The highest BCUT2D eigenvalue weighted by Crippen LogP contribution is 2.25. The third-order valence-electron chi connectivity index (χ3n) is 2.55. The molecule has 0 saturated carbocycles. The lowest BCUT2D eigenvalue weighted by molar-refractivity contribution is 0.507. The predicted octanol–water partition coefficient (Wildman–Crippen LogP) is 1.29. The maximum Gasteiger partial charge on any atom is 0.152 e. The highest BCUT2D eigenvalue weighted by molar-refractivity contribution is 6.31. The van der Waals surface area contributed by atoms with Gasteiger partial charge in [-0.15, -0.1) is 0 Å². The van der Waals surface area contributed by atoms with Gasteiger partial charge in [0.05, 0.1) is 16.9 Å². The van der Waals surface area contributed by atoms with Gasteiger partial charge in [0, 0.05) is 18.9 Å². The van der Waals surface area contributed by atoms with E-state index in [1.807, 2.05) is 4.68 Å². The van der Waals surface area contributed by atoms with Crippen LogP contribution in [0.15, 0.2) is 24.7 Å². The highest BCUT2D eigenvalue weighted by Gasteiger charge is 2.22. The zero-order valence-corrected chi connectivity index (χ0v) is 10.8. The van der Waals surface area contributed by atoms with Crippen LogP contribution in [0.2, 0.25) is 5.02 Å². The number of aromatic nitrogens is 4. The summed E-state index contributed by atoms with van der Waals surface area (Å²) in [5.41, 5.74) is 3.47. The molecule has 6 nitrogen and oxygen atoms in total. The van der Waals surface area contributed by atoms with Crippen molar-refractivity contribution < 1.29 is 0 Å². The van der Waals surface area contributed by atoms with Gasteiger partial charge in [-0.1, -0.05) is 18.5 Å². The molecule has 3 N–H and O–H groups in total. The summed E-state index contributed by atoms with van der Waals surface area (Å²) in [7, 11) is 0. The van der Waals surface area contributed by atoms with E-state index in [2.05, 4.69) is 27.4 Å². The largest absolute Gasteiger partial charge is 0.270 e. The molecule has 0 fully saturated rings. The van der Waals surface area contributed by atoms with Crippen molar-refractivity contribution in [2.24, 2.45) is 5.84 Å². The van der Waals surface area contributed by atoms with Gasteiger partial charge < -0.3 is 0 Å². The number of hydrogen-bond acceptors (Lipinski definition) is 5. The SMILES string of the molecule is CCCn1ncc(Cl)c1C(NN)c1ncccn1. The van der Waals surface area contributed by atoms with E-state index in [1.165, 1.54) is 0 Å². The molecular weight excluding hydrogens is 252 g/mol. The monoisotopic (exact) mass is 266 g/mol. The van der Waals surface area contributed by atoms with Crippen molar-refractivity contribution in [3.63, 3.8) is 0 Å². The van der Waals surface area contributed by atoms with Crippen LogP contribution in [0.3, 0.4) is 0 Å². The zero-order valence-electron chi connectivity index (χ0n) is 10.0. The summed E-state index contributed by atoms with van der Waals surface area (Å²) in [5, 5.41) is 4.79. The van der Waals surface area contributed by atoms with E-state index in [1.54, 1.807) is 24.7 Å². The van der Waals surface area contributed by atoms with Crippen LogP contribution >= 0.6 is 11.6 Å². The highest BCUT2D eigenvalue weighted by atomic mass is 35.5. The van der Waals surface area contributed by atoms with Crippen LogP contribution in [0.25, 0.3) is 0 Å². The lowest BCUT2D eigenvalue weighted by Crippen LogP contribution is -2.32. The first kappa shape index (κ1) is 12.9. The van der Waals surface area contributed by atoms with Crippen LogP contribution < -0.4 is 11.3 Å². The molecule has 0 spiro atoms. The van der Waals surface area contributed by atoms with Crippen molar-refractivity contribution in [1.29, 1.82) is 0 Å². The Bertz CT molecular complexity index is 497. The number of nitrogens with zero attached hydrogens (tertiary/aromatic N) is 4. The topological polar surface area (TPSA) is 81.7 Å². The lowest BCUT2D eigenvalue weighted by atomic mass is 10.2. The minimum absolute atomic E-state index is 0.368. The van der Waals surface area contributed by atoms with Crippen LogP contribution in [-0.2, 0) is 6.54 Å². The van der Waals surface area contributed by atoms with Gasteiger partial charge in [0.15, 0.2) is 5.82 Å². The number of hydrogen-bond donors (Lipinski definition) is 2. The van der Waals surface area contributed by atoms with Gasteiger partial charge in [0.2, 0.25) is 0 Å². The Labute approximate surface area is 110 Å². The molecule has 0 aliphatic carbocycles. The van der Waals surface area contributed by atoms with Gasteiger partial charge in [0.25, 0.3) is 0 Å². The average molecular weight is 267 g/mol. The minimum Gasteiger partial charge on any atom is -0.270 e. The van der Waals surface area contributed by atoms with Gasteiger partial charge >= 0.3 is 0 Å². The molecule has 1 unspecified atom stereocenters. The third-order valence-corrected chi connectivity index (χ3v) is 2.84. The molecule has 0 saturated heterocycles. The van der Waals surface area contributed by atoms with Crippen LogP contribution in [0.5, 0.6) is 0 Å². The van der Waals surface area contributed by atoms with Gasteiger partial charge in [-0.2, -0.15) is 5.10 Å². The molecule has 2 aromatic rings. The summed E-state index contributed by atoms with van der Waals surface area (Å²) in [6.07, 6.45) is 5.90. The van der Waals surface area contributed by atoms with Crippen molar-refractivity contribution >= 4 is 11.6 Å². The van der Waals surface area contributed by atoms with Crippen molar-refractivity contribution in [2.45, 2.75) is 25.9 Å². The zero-order chi connectivity index (χ0) is 13.0. The second kappa shape index (κ2) is 5.90. The number of halogens is 1. The third kappa shape index (κ3) is 2.50. The molecule has 2 aromatic heterocycles. The molecular formula is C11H15ClN6. The molecule has 2 rings (SSSR count). The molecule has 7 heteroatoms. The second-order valence-electron chi connectivity index (χ2n) is 3.81. The summed E-state index contributed by atoms with van der Waals surface area (Å²) in [5.74, 6) is 6.17. The molecule has 0 aliphatic rings. The maximum absolute atomic E-state index is 6.17. The molecule has 0 aliphatic heterocycles. The standard InChI is InChI=1S/C11H15ClN6/c1-2-6-18-10(8(12)7-16-18)9(17-13)11-14-4-3-5-15-11/h3-5,7,9,17H,2,6,13H2,1H3. The second-order valence-corrected chi connectivity index (χ2v) is 4.21. The van der Waals surface area contributed by atoms with Crippen molar-refractivity contribution in [3.8, 4) is 0 Å². The summed E-state index contributed by atoms with van der Waals surface area (Å²) in [6, 6.07) is 1.38. The molecule has 0 amide bonds. The van der Waals surface area contributed by atoms with E-state index < -0.39 is 0 Å². The maximum atomic E-state index is 6.17.